The van der Waals surface area contributed by atoms with Crippen LogP contribution in [0.25, 0.3) is 11.0 Å². The highest BCUT2D eigenvalue weighted by atomic mass is 16.1. The van der Waals surface area contributed by atoms with Crippen molar-refractivity contribution in [2.75, 3.05) is 0 Å². The van der Waals surface area contributed by atoms with Crippen LogP contribution < -0.4 is 5.73 Å². The number of hydrogen-bond donors (Lipinski definition) is 1. The molecule has 2 N–H and O–H groups in total. The summed E-state index contributed by atoms with van der Waals surface area (Å²) in [6.07, 6.45) is 1.92. The number of fused-ring (bicyclic) bond motifs is 1. The van der Waals surface area contributed by atoms with E-state index in [1.165, 1.54) is 5.56 Å². The summed E-state index contributed by atoms with van der Waals surface area (Å²) in [4.78, 5) is 16.2. The van der Waals surface area contributed by atoms with Crippen LogP contribution in [-0.4, -0.2) is 15.5 Å². The van der Waals surface area contributed by atoms with Crippen LogP contribution in [0.2, 0.25) is 0 Å². The summed E-state index contributed by atoms with van der Waals surface area (Å²) in [6.45, 7) is 4.32. The summed E-state index contributed by atoms with van der Waals surface area (Å²) in [6, 6.07) is 16.1. The molecule has 0 saturated carbocycles. The first kappa shape index (κ1) is 15.3. The lowest BCUT2D eigenvalue weighted by Crippen LogP contribution is -2.11. The number of nitrogens with zero attached hydrogens (tertiary/aromatic N) is 2. The van der Waals surface area contributed by atoms with Crippen molar-refractivity contribution in [3.8, 4) is 0 Å². The molecular formula is C19H21N3O. The maximum atomic E-state index is 11.4. The van der Waals surface area contributed by atoms with Crippen molar-refractivity contribution in [1.82, 2.24) is 9.55 Å². The topological polar surface area (TPSA) is 60.9 Å². The Morgan fingerprint density at radius 3 is 2.61 bits per heavy atom. The second kappa shape index (κ2) is 6.24. The van der Waals surface area contributed by atoms with Gasteiger partial charge in [0.05, 0.1) is 17.1 Å². The Morgan fingerprint density at radius 2 is 1.96 bits per heavy atom. The molecule has 4 nitrogen and oxygen atoms in total. The first-order valence-corrected chi connectivity index (χ1v) is 7.97. The standard InChI is InChI=1S/C19H21N3O/c1-3-7-18-21-16-12-15(19(20)23)10-11-17(16)22(18)13(2)14-8-5-4-6-9-14/h4-6,8-13H,3,7H2,1-2H3,(H2,20,23)/t13-/m0/s1. The van der Waals surface area contributed by atoms with Crippen molar-refractivity contribution in [2.24, 2.45) is 5.73 Å². The molecule has 0 radical (unpaired) electrons. The van der Waals surface area contributed by atoms with E-state index in [0.717, 1.165) is 29.7 Å². The van der Waals surface area contributed by atoms with Crippen LogP contribution >= 0.6 is 0 Å². The Morgan fingerprint density at radius 1 is 1.22 bits per heavy atom. The highest BCUT2D eigenvalue weighted by molar-refractivity contribution is 5.96. The number of amides is 1. The van der Waals surface area contributed by atoms with Crippen molar-refractivity contribution < 1.29 is 4.79 Å². The highest BCUT2D eigenvalue weighted by Crippen LogP contribution is 2.27. The summed E-state index contributed by atoms with van der Waals surface area (Å²) in [5.74, 6) is 0.620. The van der Waals surface area contributed by atoms with Gasteiger partial charge >= 0.3 is 0 Å². The van der Waals surface area contributed by atoms with E-state index in [4.69, 9.17) is 10.7 Å². The molecule has 3 rings (SSSR count). The number of imidazole rings is 1. The normalized spacial score (nSPS) is 12.4. The lowest BCUT2D eigenvalue weighted by atomic mass is 10.1. The van der Waals surface area contributed by atoms with Gasteiger partial charge in [-0.2, -0.15) is 0 Å². The van der Waals surface area contributed by atoms with Gasteiger partial charge in [-0.05, 0) is 37.1 Å². The van der Waals surface area contributed by atoms with Gasteiger partial charge in [-0.15, -0.1) is 0 Å². The largest absolute Gasteiger partial charge is 0.366 e. The number of benzene rings is 2. The Kier molecular flexibility index (Phi) is 4.15. The third-order valence-corrected chi connectivity index (χ3v) is 4.19. The van der Waals surface area contributed by atoms with Gasteiger partial charge in [0.2, 0.25) is 5.91 Å². The molecule has 1 heterocycles. The molecule has 3 aromatic rings. The van der Waals surface area contributed by atoms with Crippen molar-refractivity contribution in [3.63, 3.8) is 0 Å². The van der Waals surface area contributed by atoms with E-state index in [2.05, 4.69) is 42.7 Å². The van der Waals surface area contributed by atoms with E-state index in [1.54, 1.807) is 12.1 Å². The number of aromatic nitrogens is 2. The number of carbonyl (C=O) groups is 1. The zero-order chi connectivity index (χ0) is 16.4. The van der Waals surface area contributed by atoms with E-state index >= 15 is 0 Å². The molecule has 0 fully saturated rings. The van der Waals surface area contributed by atoms with Crippen LogP contribution in [0.15, 0.2) is 48.5 Å². The predicted molar refractivity (Wildman–Crippen MR) is 92.5 cm³/mol. The van der Waals surface area contributed by atoms with Gasteiger partial charge in [-0.3, -0.25) is 4.79 Å². The molecule has 1 amide bonds. The van der Waals surface area contributed by atoms with Crippen molar-refractivity contribution >= 4 is 16.9 Å². The number of primary amides is 1. The molecule has 4 heteroatoms. The lowest BCUT2D eigenvalue weighted by Gasteiger charge is -2.18. The Bertz CT molecular complexity index is 836. The maximum absolute atomic E-state index is 11.4. The second-order valence-electron chi connectivity index (χ2n) is 5.80. The molecule has 2 aromatic carbocycles. The number of carbonyl (C=O) groups excluding carboxylic acids is 1. The van der Waals surface area contributed by atoms with Crippen LogP contribution in [-0.2, 0) is 6.42 Å². The first-order valence-electron chi connectivity index (χ1n) is 7.97. The van der Waals surface area contributed by atoms with Crippen LogP contribution in [0.3, 0.4) is 0 Å². The summed E-state index contributed by atoms with van der Waals surface area (Å²) < 4.78 is 2.26. The van der Waals surface area contributed by atoms with Gasteiger partial charge in [0.25, 0.3) is 0 Å². The molecule has 1 aromatic heterocycles. The number of hydrogen-bond acceptors (Lipinski definition) is 2. The molecule has 0 aliphatic heterocycles. The molecule has 23 heavy (non-hydrogen) atoms. The average molecular weight is 307 g/mol. The molecule has 0 saturated heterocycles. The zero-order valence-corrected chi connectivity index (χ0v) is 13.5. The van der Waals surface area contributed by atoms with Crippen LogP contribution in [0, 0.1) is 0 Å². The summed E-state index contributed by atoms with van der Waals surface area (Å²) in [5, 5.41) is 0. The smallest absolute Gasteiger partial charge is 0.248 e. The van der Waals surface area contributed by atoms with Gasteiger partial charge in [0, 0.05) is 12.0 Å². The Hall–Kier alpha value is -2.62. The number of nitrogens with two attached hydrogens (primary N) is 1. The minimum atomic E-state index is -0.422. The summed E-state index contributed by atoms with van der Waals surface area (Å²) in [7, 11) is 0. The van der Waals surface area contributed by atoms with E-state index < -0.39 is 5.91 Å². The van der Waals surface area contributed by atoms with E-state index in [9.17, 15) is 4.79 Å². The van der Waals surface area contributed by atoms with Crippen molar-refractivity contribution in [2.45, 2.75) is 32.7 Å². The van der Waals surface area contributed by atoms with E-state index in [1.807, 2.05) is 12.1 Å². The van der Waals surface area contributed by atoms with Gasteiger partial charge < -0.3 is 10.3 Å². The quantitative estimate of drug-likeness (QED) is 0.781. The lowest BCUT2D eigenvalue weighted by molar-refractivity contribution is 0.100. The highest BCUT2D eigenvalue weighted by Gasteiger charge is 2.17. The fourth-order valence-electron chi connectivity index (χ4n) is 3.01. The van der Waals surface area contributed by atoms with E-state index in [0.29, 0.717) is 5.56 Å². The molecule has 0 aliphatic carbocycles. The van der Waals surface area contributed by atoms with Crippen molar-refractivity contribution in [1.29, 1.82) is 0 Å². The predicted octanol–water partition coefficient (Wildman–Crippen LogP) is 3.70. The first-order chi connectivity index (χ1) is 11.1. The summed E-state index contributed by atoms with van der Waals surface area (Å²) in [5.41, 5.74) is 8.99. The zero-order valence-electron chi connectivity index (χ0n) is 13.5. The van der Waals surface area contributed by atoms with Gasteiger partial charge in [0.15, 0.2) is 0 Å². The monoisotopic (exact) mass is 307 g/mol. The SMILES string of the molecule is CCCc1nc2cc(C(N)=O)ccc2n1[C@@H](C)c1ccccc1. The summed E-state index contributed by atoms with van der Waals surface area (Å²) >= 11 is 0. The molecule has 0 spiro atoms. The molecular weight excluding hydrogens is 286 g/mol. The molecule has 1 atom stereocenters. The van der Waals surface area contributed by atoms with Crippen LogP contribution in [0.5, 0.6) is 0 Å². The molecule has 0 unspecified atom stereocenters. The number of aryl methyl sites for hydroxylation is 1. The molecule has 0 aliphatic rings. The van der Waals surface area contributed by atoms with Crippen molar-refractivity contribution in [3.05, 3.63) is 65.5 Å². The Balaban J connectivity index is 2.17. The average Bonchev–Trinajstić information content (AvgIpc) is 2.92. The maximum Gasteiger partial charge on any atom is 0.248 e. The van der Waals surface area contributed by atoms with Crippen LogP contribution in [0.4, 0.5) is 0 Å². The third kappa shape index (κ3) is 2.84. The fraction of sp³-hybridized carbons (Fsp3) is 0.263. The minimum Gasteiger partial charge on any atom is -0.366 e. The van der Waals surface area contributed by atoms with E-state index in [-0.39, 0.29) is 6.04 Å². The second-order valence-corrected chi connectivity index (χ2v) is 5.80. The molecule has 0 bridgehead atoms. The molecule has 118 valence electrons. The fourth-order valence-corrected chi connectivity index (χ4v) is 3.01. The number of rotatable bonds is 5. The van der Waals surface area contributed by atoms with Gasteiger partial charge in [-0.1, -0.05) is 37.3 Å². The van der Waals surface area contributed by atoms with Gasteiger partial charge in [0.1, 0.15) is 5.82 Å². The minimum absolute atomic E-state index is 0.183. The Labute approximate surface area is 136 Å². The third-order valence-electron chi connectivity index (χ3n) is 4.19. The van der Waals surface area contributed by atoms with Gasteiger partial charge in [-0.25, -0.2) is 4.98 Å². The van der Waals surface area contributed by atoms with Crippen LogP contribution in [0.1, 0.15) is 48.1 Å².